The third-order valence-corrected chi connectivity index (χ3v) is 4.82. The van der Waals surface area contributed by atoms with Crippen molar-refractivity contribution in [3.63, 3.8) is 0 Å². The molecule has 0 aliphatic heterocycles. The highest BCUT2D eigenvalue weighted by Crippen LogP contribution is 2.17. The molecule has 0 amide bonds. The Morgan fingerprint density at radius 3 is 1.81 bits per heavy atom. The summed E-state index contributed by atoms with van der Waals surface area (Å²) in [6.07, 6.45) is -0.207. The number of methoxy groups -OCH3 is 1. The normalized spacial score (nSPS) is 11.7. The van der Waals surface area contributed by atoms with Crippen LogP contribution in [0.3, 0.4) is 0 Å². The fourth-order valence-corrected chi connectivity index (χ4v) is 3.05. The first kappa shape index (κ1) is 22.6. The molecule has 3 rings (SSSR count). The molecule has 0 aromatic heterocycles. The Kier molecular flexibility index (Phi) is 7.65. The van der Waals surface area contributed by atoms with Crippen LogP contribution in [0.4, 0.5) is 5.69 Å². The van der Waals surface area contributed by atoms with Crippen LogP contribution in [0.5, 0.6) is 0 Å². The number of rotatable bonds is 8. The molecule has 0 atom stereocenters. The van der Waals surface area contributed by atoms with E-state index in [0.29, 0.717) is 11.3 Å². The van der Waals surface area contributed by atoms with Crippen molar-refractivity contribution in [2.75, 3.05) is 26.1 Å². The van der Waals surface area contributed by atoms with Crippen molar-refractivity contribution in [1.82, 2.24) is 0 Å². The lowest BCUT2D eigenvalue weighted by Crippen LogP contribution is -2.20. The van der Waals surface area contributed by atoms with Crippen molar-refractivity contribution < 1.29 is 14.3 Å². The Labute approximate surface area is 187 Å². The maximum atomic E-state index is 12.6. The molecule has 0 aliphatic carbocycles. The Bertz CT molecular complexity index is 1120. The molecule has 0 bridgehead atoms. The summed E-state index contributed by atoms with van der Waals surface area (Å²) in [6.45, 7) is 0. The maximum Gasteiger partial charge on any atom is 0.354 e. The Balaban J connectivity index is 2.00. The zero-order valence-corrected chi connectivity index (χ0v) is 18.4. The van der Waals surface area contributed by atoms with Gasteiger partial charge in [0.15, 0.2) is 11.5 Å². The molecule has 0 heterocycles. The van der Waals surface area contributed by atoms with Crippen LogP contribution in [0, 0.1) is 0 Å². The topological polar surface area (TPSA) is 71.3 Å². The number of anilines is 1. The summed E-state index contributed by atoms with van der Waals surface area (Å²) in [5.41, 5.74) is 3.75. The first-order valence-electron chi connectivity index (χ1n) is 10.1. The molecular formula is C26H25N3O3. The van der Waals surface area contributed by atoms with Gasteiger partial charge in [0.1, 0.15) is 5.71 Å². The van der Waals surface area contributed by atoms with Crippen LogP contribution in [0.25, 0.3) is 0 Å². The van der Waals surface area contributed by atoms with E-state index in [-0.39, 0.29) is 17.9 Å². The monoisotopic (exact) mass is 427 g/mol. The Morgan fingerprint density at radius 1 is 0.750 bits per heavy atom. The van der Waals surface area contributed by atoms with Crippen molar-refractivity contribution in [1.29, 1.82) is 0 Å². The predicted molar refractivity (Wildman–Crippen MR) is 128 cm³/mol. The third-order valence-electron chi connectivity index (χ3n) is 4.82. The molecule has 0 unspecified atom stereocenters. The fraction of sp³-hybridized carbons (Fsp3) is 0.154. The van der Waals surface area contributed by atoms with Crippen molar-refractivity contribution in [2.45, 2.75) is 6.42 Å². The van der Waals surface area contributed by atoms with E-state index in [1.165, 1.54) is 7.11 Å². The van der Waals surface area contributed by atoms with Gasteiger partial charge < -0.3 is 9.64 Å². The second-order valence-corrected chi connectivity index (χ2v) is 7.26. The largest absolute Gasteiger partial charge is 0.464 e. The number of ether oxygens (including phenoxy) is 1. The van der Waals surface area contributed by atoms with Crippen molar-refractivity contribution in [2.24, 2.45) is 10.2 Å². The number of Topliss-reactive ketones (excluding diaryl/α,β-unsaturated/α-hetero) is 1. The smallest absolute Gasteiger partial charge is 0.354 e. The summed E-state index contributed by atoms with van der Waals surface area (Å²) in [6, 6.07) is 26.2. The number of hydrogen-bond acceptors (Lipinski definition) is 6. The average molecular weight is 428 g/mol. The molecule has 6 heteroatoms. The van der Waals surface area contributed by atoms with Gasteiger partial charge in [-0.15, -0.1) is 10.2 Å². The number of hydrogen-bond donors (Lipinski definition) is 0. The number of esters is 1. The lowest BCUT2D eigenvalue weighted by Gasteiger charge is -2.13. The van der Waals surface area contributed by atoms with E-state index in [4.69, 9.17) is 4.74 Å². The molecule has 0 aliphatic rings. The van der Waals surface area contributed by atoms with E-state index in [1.807, 2.05) is 79.7 Å². The van der Waals surface area contributed by atoms with Crippen LogP contribution >= 0.6 is 0 Å². The van der Waals surface area contributed by atoms with Gasteiger partial charge in [0.25, 0.3) is 0 Å². The number of ketones is 1. The van der Waals surface area contributed by atoms with Crippen molar-refractivity contribution >= 4 is 28.9 Å². The van der Waals surface area contributed by atoms with Gasteiger partial charge in [-0.2, -0.15) is 0 Å². The molecule has 0 radical (unpaired) electrons. The lowest BCUT2D eigenvalue weighted by molar-refractivity contribution is -0.132. The molecule has 0 saturated heterocycles. The van der Waals surface area contributed by atoms with E-state index in [2.05, 4.69) is 10.2 Å². The molecule has 162 valence electrons. The average Bonchev–Trinajstić information content (AvgIpc) is 2.84. The SMILES string of the molecule is COC(=O)/C(CC(=O)c1ccccc1)=N/N=C(\c1ccccc1)c1ccc(N(C)C)cc1. The Hall–Kier alpha value is -4.06. The van der Waals surface area contributed by atoms with Crippen LogP contribution in [0.2, 0.25) is 0 Å². The van der Waals surface area contributed by atoms with E-state index in [1.54, 1.807) is 24.3 Å². The zero-order valence-electron chi connectivity index (χ0n) is 18.4. The number of carbonyl (C=O) groups is 2. The molecule has 3 aromatic rings. The molecular weight excluding hydrogens is 402 g/mol. The lowest BCUT2D eigenvalue weighted by atomic mass is 10.0. The minimum Gasteiger partial charge on any atom is -0.464 e. The first-order chi connectivity index (χ1) is 15.5. The second-order valence-electron chi connectivity index (χ2n) is 7.26. The van der Waals surface area contributed by atoms with Crippen LogP contribution in [-0.4, -0.2) is 44.4 Å². The molecule has 0 fully saturated rings. The molecule has 0 N–H and O–H groups in total. The molecule has 0 saturated carbocycles. The Morgan fingerprint density at radius 2 is 1.28 bits per heavy atom. The number of nitrogens with zero attached hydrogens (tertiary/aromatic N) is 3. The van der Waals surface area contributed by atoms with Crippen molar-refractivity contribution in [3.8, 4) is 0 Å². The van der Waals surface area contributed by atoms with Gasteiger partial charge in [0.2, 0.25) is 0 Å². The van der Waals surface area contributed by atoms with Gasteiger partial charge >= 0.3 is 5.97 Å². The fourth-order valence-electron chi connectivity index (χ4n) is 3.05. The second kappa shape index (κ2) is 10.8. The van der Waals surface area contributed by atoms with E-state index >= 15 is 0 Å². The van der Waals surface area contributed by atoms with Crippen molar-refractivity contribution in [3.05, 3.63) is 102 Å². The van der Waals surface area contributed by atoms with E-state index < -0.39 is 5.97 Å². The number of benzene rings is 3. The van der Waals surface area contributed by atoms with Crippen LogP contribution in [-0.2, 0) is 9.53 Å². The summed E-state index contributed by atoms with van der Waals surface area (Å²) in [4.78, 5) is 26.9. The number of carbonyl (C=O) groups excluding carboxylic acids is 2. The molecule has 32 heavy (non-hydrogen) atoms. The van der Waals surface area contributed by atoms with Crippen LogP contribution in [0.15, 0.2) is 95.1 Å². The van der Waals surface area contributed by atoms with Gasteiger partial charge in [-0.25, -0.2) is 4.79 Å². The minimum atomic E-state index is -0.687. The minimum absolute atomic E-state index is 0.0558. The quantitative estimate of drug-likeness (QED) is 0.231. The van der Waals surface area contributed by atoms with Gasteiger partial charge in [0, 0.05) is 36.5 Å². The highest BCUT2D eigenvalue weighted by molar-refractivity contribution is 6.40. The molecule has 6 nitrogen and oxygen atoms in total. The molecule has 0 spiro atoms. The zero-order chi connectivity index (χ0) is 22.9. The van der Waals surface area contributed by atoms with Crippen LogP contribution < -0.4 is 4.90 Å². The maximum absolute atomic E-state index is 12.6. The van der Waals surface area contributed by atoms with Gasteiger partial charge in [0.05, 0.1) is 13.5 Å². The van der Waals surface area contributed by atoms with Crippen LogP contribution in [0.1, 0.15) is 27.9 Å². The standard InChI is InChI=1S/C26H25N3O3/c1-29(2)22-16-14-21(15-17-22)25(20-12-8-5-9-13-20)28-27-23(26(31)32-3)18-24(30)19-10-6-4-7-11-19/h4-17H,18H2,1-3H3/b27-23+,28-25+. The highest BCUT2D eigenvalue weighted by atomic mass is 16.5. The third kappa shape index (κ3) is 5.76. The van der Waals surface area contributed by atoms with E-state index in [9.17, 15) is 9.59 Å². The first-order valence-corrected chi connectivity index (χ1v) is 10.1. The van der Waals surface area contributed by atoms with Gasteiger partial charge in [-0.05, 0) is 12.1 Å². The summed E-state index contributed by atoms with van der Waals surface area (Å²) < 4.78 is 4.84. The summed E-state index contributed by atoms with van der Waals surface area (Å²) in [5.74, 6) is -0.921. The molecule has 3 aromatic carbocycles. The predicted octanol–water partition coefficient (Wildman–Crippen LogP) is 4.39. The summed E-state index contributed by atoms with van der Waals surface area (Å²) in [5, 5.41) is 8.56. The highest BCUT2D eigenvalue weighted by Gasteiger charge is 2.18. The van der Waals surface area contributed by atoms with Gasteiger partial charge in [-0.1, -0.05) is 72.8 Å². The van der Waals surface area contributed by atoms with E-state index in [0.717, 1.165) is 16.8 Å². The summed E-state index contributed by atoms with van der Waals surface area (Å²) in [7, 11) is 5.20. The summed E-state index contributed by atoms with van der Waals surface area (Å²) >= 11 is 0. The van der Waals surface area contributed by atoms with Gasteiger partial charge in [-0.3, -0.25) is 4.79 Å².